The van der Waals surface area contributed by atoms with Crippen LogP contribution in [0.15, 0.2) is 32.9 Å². The molecule has 0 spiro atoms. The van der Waals surface area contributed by atoms with Gasteiger partial charge in [-0.1, -0.05) is 29.3 Å². The molecule has 1 aromatic heterocycles. The van der Waals surface area contributed by atoms with Crippen molar-refractivity contribution in [2.45, 2.75) is 19.8 Å². The quantitative estimate of drug-likeness (QED) is 0.433. The van der Waals surface area contributed by atoms with E-state index in [4.69, 9.17) is 12.2 Å². The minimum absolute atomic E-state index is 0.0155. The highest BCUT2D eigenvalue weighted by molar-refractivity contribution is 9.10. The summed E-state index contributed by atoms with van der Waals surface area (Å²) in [6.45, 7) is 2.88. The van der Waals surface area contributed by atoms with Crippen molar-refractivity contribution in [3.05, 3.63) is 22.7 Å². The maximum atomic E-state index is 9.86. The number of fused-ring (bicyclic) bond motifs is 1. The first-order valence-corrected chi connectivity index (χ1v) is 7.51. The summed E-state index contributed by atoms with van der Waals surface area (Å²) in [6.07, 6.45) is 2.12. The molecule has 0 aliphatic heterocycles. The number of aromatic nitrogens is 1. The molecule has 0 atom stereocenters. The Morgan fingerprint density at radius 2 is 2.30 bits per heavy atom. The Balaban J connectivity index is 2.18. The summed E-state index contributed by atoms with van der Waals surface area (Å²) in [4.78, 5) is 2.85. The molecule has 0 fully saturated rings. The lowest BCUT2D eigenvalue weighted by Gasteiger charge is -2.00. The Hall–Kier alpha value is -1.47. The zero-order valence-corrected chi connectivity index (χ0v) is 13.4. The van der Waals surface area contributed by atoms with Crippen LogP contribution in [0.3, 0.4) is 0 Å². The molecular weight excluding hydrogens is 340 g/mol. The number of nitrogens with zero attached hydrogens (tertiary/aromatic N) is 2. The number of halogens is 1. The van der Waals surface area contributed by atoms with Crippen molar-refractivity contribution in [2.75, 3.05) is 6.54 Å². The SMILES string of the molecule is CCCCNC(=S)N=Nc1c(O)[nH]c2ccc(Br)cc12. The van der Waals surface area contributed by atoms with Gasteiger partial charge in [0.2, 0.25) is 11.0 Å². The Morgan fingerprint density at radius 1 is 1.50 bits per heavy atom. The van der Waals surface area contributed by atoms with E-state index in [1.54, 1.807) is 0 Å². The molecule has 20 heavy (non-hydrogen) atoms. The molecule has 0 unspecified atom stereocenters. The monoisotopic (exact) mass is 354 g/mol. The van der Waals surface area contributed by atoms with Crippen LogP contribution in [-0.2, 0) is 0 Å². The van der Waals surface area contributed by atoms with E-state index in [1.165, 1.54) is 0 Å². The average Bonchev–Trinajstić information content (AvgIpc) is 2.72. The third-order valence-electron chi connectivity index (χ3n) is 2.76. The topological polar surface area (TPSA) is 72.8 Å². The number of aromatic amines is 1. The van der Waals surface area contributed by atoms with E-state index in [0.29, 0.717) is 10.8 Å². The lowest BCUT2D eigenvalue weighted by molar-refractivity contribution is 0.459. The molecule has 0 radical (unpaired) electrons. The van der Waals surface area contributed by atoms with Crippen LogP contribution < -0.4 is 5.32 Å². The number of hydrogen-bond donors (Lipinski definition) is 3. The fourth-order valence-electron chi connectivity index (χ4n) is 1.74. The van der Waals surface area contributed by atoms with Crippen molar-refractivity contribution in [1.29, 1.82) is 0 Å². The highest BCUT2D eigenvalue weighted by Gasteiger charge is 2.10. The van der Waals surface area contributed by atoms with Crippen molar-refractivity contribution in [3.8, 4) is 5.88 Å². The molecule has 0 amide bonds. The van der Waals surface area contributed by atoms with Crippen LogP contribution in [0.2, 0.25) is 0 Å². The largest absolute Gasteiger partial charge is 0.493 e. The first kappa shape index (κ1) is 14.9. The molecule has 0 saturated heterocycles. The van der Waals surface area contributed by atoms with Gasteiger partial charge in [-0.25, -0.2) is 0 Å². The second-order valence-corrected chi connectivity index (χ2v) is 5.60. The highest BCUT2D eigenvalue weighted by atomic mass is 79.9. The van der Waals surface area contributed by atoms with E-state index < -0.39 is 0 Å². The van der Waals surface area contributed by atoms with Crippen molar-refractivity contribution in [2.24, 2.45) is 10.2 Å². The van der Waals surface area contributed by atoms with E-state index in [2.05, 4.69) is 43.4 Å². The lowest BCUT2D eigenvalue weighted by atomic mass is 10.2. The summed E-state index contributed by atoms with van der Waals surface area (Å²) >= 11 is 8.45. The fourth-order valence-corrected chi connectivity index (χ4v) is 2.24. The van der Waals surface area contributed by atoms with Crippen molar-refractivity contribution < 1.29 is 5.11 Å². The smallest absolute Gasteiger partial charge is 0.218 e. The predicted molar refractivity (Wildman–Crippen MR) is 87.7 cm³/mol. The number of rotatable bonds is 4. The van der Waals surface area contributed by atoms with Crippen LogP contribution in [0.25, 0.3) is 10.9 Å². The number of H-pyrrole nitrogens is 1. The minimum atomic E-state index is -0.0155. The molecule has 2 aromatic rings. The molecule has 3 N–H and O–H groups in total. The van der Waals surface area contributed by atoms with Gasteiger partial charge in [-0.3, -0.25) is 0 Å². The van der Waals surface area contributed by atoms with E-state index in [0.717, 1.165) is 34.8 Å². The summed E-state index contributed by atoms with van der Waals surface area (Å²) in [6, 6.07) is 5.61. The van der Waals surface area contributed by atoms with E-state index in [-0.39, 0.29) is 5.88 Å². The Bertz CT molecular complexity index is 653. The zero-order valence-electron chi connectivity index (χ0n) is 11.0. The molecular formula is C13H15BrN4OS. The summed E-state index contributed by atoms with van der Waals surface area (Å²) in [5.74, 6) is -0.0155. The average molecular weight is 355 g/mol. The summed E-state index contributed by atoms with van der Waals surface area (Å²) in [5.41, 5.74) is 1.19. The standard InChI is InChI=1S/C13H15BrN4OS/c1-2-3-6-15-13(20)18-17-11-9-7-8(14)4-5-10(9)16-12(11)19/h4-5,7,16,19H,2-3,6H2,1H3,(H,15,20). The Morgan fingerprint density at radius 3 is 3.05 bits per heavy atom. The molecule has 0 saturated carbocycles. The fraction of sp³-hybridized carbons (Fsp3) is 0.308. The maximum absolute atomic E-state index is 9.86. The van der Waals surface area contributed by atoms with E-state index in [1.807, 2.05) is 18.2 Å². The molecule has 1 aromatic carbocycles. The molecule has 0 aliphatic rings. The van der Waals surface area contributed by atoms with Crippen molar-refractivity contribution in [3.63, 3.8) is 0 Å². The molecule has 5 nitrogen and oxygen atoms in total. The summed E-state index contributed by atoms with van der Waals surface area (Å²) < 4.78 is 0.907. The molecule has 106 valence electrons. The number of nitrogens with one attached hydrogen (secondary N) is 2. The van der Waals surface area contributed by atoms with Gasteiger partial charge in [0.15, 0.2) is 5.69 Å². The number of azo groups is 1. The number of thiocarbonyl (C=S) groups is 1. The maximum Gasteiger partial charge on any atom is 0.218 e. The van der Waals surface area contributed by atoms with Gasteiger partial charge in [-0.15, -0.1) is 10.2 Å². The third-order valence-corrected chi connectivity index (χ3v) is 3.48. The Labute approximate surface area is 130 Å². The summed E-state index contributed by atoms with van der Waals surface area (Å²) in [5, 5.41) is 21.9. The van der Waals surface area contributed by atoms with Gasteiger partial charge in [-0.05, 0) is 36.8 Å². The van der Waals surface area contributed by atoms with Crippen LogP contribution in [-0.4, -0.2) is 21.7 Å². The van der Waals surface area contributed by atoms with Crippen LogP contribution in [0, 0.1) is 0 Å². The van der Waals surface area contributed by atoms with Crippen LogP contribution in [0.5, 0.6) is 5.88 Å². The Kier molecular flexibility index (Phi) is 5.08. The second-order valence-electron chi connectivity index (χ2n) is 4.30. The highest BCUT2D eigenvalue weighted by Crippen LogP contribution is 2.36. The molecule has 0 bridgehead atoms. The van der Waals surface area contributed by atoms with Crippen molar-refractivity contribution in [1.82, 2.24) is 10.3 Å². The summed E-state index contributed by atoms with van der Waals surface area (Å²) in [7, 11) is 0. The third kappa shape index (κ3) is 3.55. The molecule has 2 rings (SSSR count). The minimum Gasteiger partial charge on any atom is -0.493 e. The van der Waals surface area contributed by atoms with Gasteiger partial charge in [0.1, 0.15) is 0 Å². The number of aromatic hydroxyl groups is 1. The van der Waals surface area contributed by atoms with Crippen LogP contribution in [0.1, 0.15) is 19.8 Å². The zero-order chi connectivity index (χ0) is 14.5. The first-order chi connectivity index (χ1) is 9.61. The second kappa shape index (κ2) is 6.81. The molecule has 7 heteroatoms. The molecule has 0 aliphatic carbocycles. The number of unbranched alkanes of at least 4 members (excludes halogenated alkanes) is 1. The van der Waals surface area contributed by atoms with Crippen LogP contribution >= 0.6 is 28.1 Å². The lowest BCUT2D eigenvalue weighted by Crippen LogP contribution is -2.19. The number of benzene rings is 1. The molecule has 1 heterocycles. The van der Waals surface area contributed by atoms with Gasteiger partial charge in [-0.2, -0.15) is 0 Å². The van der Waals surface area contributed by atoms with Gasteiger partial charge >= 0.3 is 0 Å². The van der Waals surface area contributed by atoms with E-state index in [9.17, 15) is 5.11 Å². The van der Waals surface area contributed by atoms with Gasteiger partial charge in [0.05, 0.1) is 5.52 Å². The number of hydrogen-bond acceptors (Lipinski definition) is 3. The van der Waals surface area contributed by atoms with Crippen molar-refractivity contribution >= 4 is 49.9 Å². The van der Waals surface area contributed by atoms with Gasteiger partial charge in [0, 0.05) is 16.4 Å². The van der Waals surface area contributed by atoms with Gasteiger partial charge in [0.25, 0.3) is 0 Å². The predicted octanol–water partition coefficient (Wildman–Crippen LogP) is 4.39. The normalized spacial score (nSPS) is 11.3. The van der Waals surface area contributed by atoms with Gasteiger partial charge < -0.3 is 15.4 Å². The first-order valence-electron chi connectivity index (χ1n) is 6.31. The van der Waals surface area contributed by atoms with Crippen LogP contribution in [0.4, 0.5) is 5.69 Å². The van der Waals surface area contributed by atoms with E-state index >= 15 is 0 Å².